The van der Waals surface area contributed by atoms with Crippen LogP contribution < -0.4 is 0 Å². The largest absolute Gasteiger partial charge is 0.478 e. The van der Waals surface area contributed by atoms with Gasteiger partial charge in [0.2, 0.25) is 0 Å². The molecule has 94 valence electrons. The fourth-order valence-electron chi connectivity index (χ4n) is 1.68. The van der Waals surface area contributed by atoms with E-state index in [9.17, 15) is 4.79 Å². The fraction of sp³-hybridized carbons (Fsp3) is 0.143. The minimum atomic E-state index is -0.801. The summed E-state index contributed by atoms with van der Waals surface area (Å²) in [7, 11) is 0. The zero-order valence-electron chi connectivity index (χ0n) is 9.57. The van der Waals surface area contributed by atoms with Gasteiger partial charge in [-0.1, -0.05) is 54.9 Å². The molecular weight excluding hydrogens is 407 g/mol. The van der Waals surface area contributed by atoms with Crippen LogP contribution in [0.15, 0.2) is 50.0 Å². The molecule has 1 aromatic carbocycles. The van der Waals surface area contributed by atoms with Crippen LogP contribution >= 0.6 is 36.7 Å². The lowest BCUT2D eigenvalue weighted by molar-refractivity contribution is -0.132. The Morgan fingerprint density at radius 2 is 1.94 bits per heavy atom. The zero-order chi connectivity index (χ0) is 13.0. The van der Waals surface area contributed by atoms with Crippen LogP contribution in [0.5, 0.6) is 0 Å². The smallest absolute Gasteiger partial charge is 0.336 e. The molecule has 0 saturated heterocycles. The van der Waals surface area contributed by atoms with Crippen molar-refractivity contribution in [3.8, 4) is 0 Å². The van der Waals surface area contributed by atoms with Gasteiger partial charge in [0.05, 0.1) is 5.57 Å². The first-order valence-electron chi connectivity index (χ1n) is 5.51. The molecule has 0 saturated carbocycles. The predicted octanol–water partition coefficient (Wildman–Crippen LogP) is 4.06. The Morgan fingerprint density at radius 3 is 2.61 bits per heavy atom. The second kappa shape index (κ2) is 6.43. The molecule has 18 heavy (non-hydrogen) atoms. The third kappa shape index (κ3) is 3.62. The lowest BCUT2D eigenvalue weighted by Crippen LogP contribution is -2.02. The normalized spacial score (nSPS) is 14.5. The lowest BCUT2D eigenvalue weighted by Gasteiger charge is -2.08. The van der Waals surface area contributed by atoms with Gasteiger partial charge in [0.15, 0.2) is 0 Å². The Morgan fingerprint density at radius 1 is 1.22 bits per heavy atom. The van der Waals surface area contributed by atoms with Crippen LogP contribution in [0.1, 0.15) is 12.0 Å². The third-order valence-corrected chi connectivity index (χ3v) is 5.78. The van der Waals surface area contributed by atoms with E-state index in [-0.39, 0.29) is 20.7 Å². The third-order valence-electron chi connectivity index (χ3n) is 2.60. The summed E-state index contributed by atoms with van der Waals surface area (Å²) in [6.45, 7) is 0. The van der Waals surface area contributed by atoms with Crippen molar-refractivity contribution in [2.75, 3.05) is 0 Å². The van der Waals surface area contributed by atoms with Crippen molar-refractivity contribution in [1.82, 2.24) is 0 Å². The number of benzene rings is 1. The molecule has 1 aliphatic heterocycles. The second-order valence-electron chi connectivity index (χ2n) is 3.84. The van der Waals surface area contributed by atoms with E-state index in [2.05, 4.69) is 32.1 Å². The molecule has 4 heteroatoms. The standard InChI is InChI=1S/C14H12BrIO2/c15-11-6-3-10(4-7-11)5-8-13-12(14(17)18)2-1-9-16-13/h1-4,6-7,9H,5,8H2,(H,17,18). The first-order valence-corrected chi connectivity index (χ1v) is 8.63. The van der Waals surface area contributed by atoms with E-state index < -0.39 is 5.97 Å². The highest BCUT2D eigenvalue weighted by molar-refractivity contribution is 14.2. The van der Waals surface area contributed by atoms with Gasteiger partial charge in [-0.3, -0.25) is 0 Å². The summed E-state index contributed by atoms with van der Waals surface area (Å²) in [5.41, 5.74) is 1.75. The topological polar surface area (TPSA) is 37.3 Å². The number of halogens is 2. The van der Waals surface area contributed by atoms with E-state index in [1.54, 1.807) is 6.08 Å². The Bertz CT molecular complexity index is 541. The molecule has 0 spiro atoms. The quantitative estimate of drug-likeness (QED) is 0.748. The molecule has 1 heterocycles. The number of aliphatic carboxylic acids is 1. The van der Waals surface area contributed by atoms with Gasteiger partial charge in [0, 0.05) is 8.05 Å². The molecule has 0 aliphatic carbocycles. The molecule has 1 aromatic rings. The maximum atomic E-state index is 11.1. The van der Waals surface area contributed by atoms with Gasteiger partial charge >= 0.3 is 5.97 Å². The average Bonchev–Trinajstić information content (AvgIpc) is 2.38. The number of carboxylic acids is 1. The summed E-state index contributed by atoms with van der Waals surface area (Å²) in [5.74, 6) is -0.801. The van der Waals surface area contributed by atoms with Crippen molar-refractivity contribution in [3.63, 3.8) is 0 Å². The number of hydrogen-bond donors (Lipinski definition) is 1. The first-order chi connectivity index (χ1) is 8.66. The van der Waals surface area contributed by atoms with Crippen LogP contribution in [-0.4, -0.2) is 15.1 Å². The number of carboxylic acid groups (broad SMARTS) is 1. The van der Waals surface area contributed by atoms with Crippen LogP contribution in [0.25, 0.3) is 0 Å². The van der Waals surface area contributed by atoms with Crippen molar-refractivity contribution in [3.05, 3.63) is 55.6 Å². The molecule has 2 rings (SSSR count). The van der Waals surface area contributed by atoms with Crippen molar-refractivity contribution >= 4 is 46.6 Å². The van der Waals surface area contributed by atoms with E-state index in [4.69, 9.17) is 5.11 Å². The molecule has 0 aromatic heterocycles. The number of aryl methyl sites for hydroxylation is 1. The summed E-state index contributed by atoms with van der Waals surface area (Å²) in [4.78, 5) is 11.1. The number of hydrogen-bond acceptors (Lipinski definition) is 1. The highest BCUT2D eigenvalue weighted by atomic mass is 127. The van der Waals surface area contributed by atoms with Gasteiger partial charge in [0.25, 0.3) is 0 Å². The summed E-state index contributed by atoms with van der Waals surface area (Å²) < 4.78 is 4.30. The van der Waals surface area contributed by atoms with E-state index in [1.165, 1.54) is 5.56 Å². The van der Waals surface area contributed by atoms with Crippen LogP contribution in [0, 0.1) is 0 Å². The first kappa shape index (κ1) is 13.7. The Hall–Kier alpha value is -0.750. The van der Waals surface area contributed by atoms with Gasteiger partial charge in [-0.2, -0.15) is 0 Å². The maximum absolute atomic E-state index is 11.1. The molecule has 0 atom stereocenters. The molecule has 0 amide bonds. The Balaban J connectivity index is 2.09. The molecule has 1 aliphatic rings. The Labute approximate surface area is 124 Å². The molecular formula is C14H12BrIO2. The van der Waals surface area contributed by atoms with Gasteiger partial charge < -0.3 is 5.11 Å². The Kier molecular flexibility index (Phi) is 4.88. The van der Waals surface area contributed by atoms with Crippen molar-refractivity contribution in [2.45, 2.75) is 12.8 Å². The van der Waals surface area contributed by atoms with Crippen LogP contribution in [-0.2, 0) is 11.2 Å². The second-order valence-corrected chi connectivity index (χ2v) is 7.40. The van der Waals surface area contributed by atoms with Crippen molar-refractivity contribution in [2.24, 2.45) is 0 Å². The van der Waals surface area contributed by atoms with Gasteiger partial charge in [0.1, 0.15) is 0 Å². The average molecular weight is 419 g/mol. The highest BCUT2D eigenvalue weighted by Crippen LogP contribution is 2.28. The van der Waals surface area contributed by atoms with Gasteiger partial charge in [-0.15, -0.1) is 0 Å². The molecule has 1 N–H and O–H groups in total. The molecule has 0 fully saturated rings. The fourth-order valence-corrected chi connectivity index (χ4v) is 4.12. The highest BCUT2D eigenvalue weighted by Gasteiger charge is 2.12. The maximum Gasteiger partial charge on any atom is 0.336 e. The van der Waals surface area contributed by atoms with E-state index in [0.29, 0.717) is 5.57 Å². The van der Waals surface area contributed by atoms with Crippen LogP contribution in [0.4, 0.5) is 0 Å². The number of carbonyl (C=O) groups is 1. The van der Waals surface area contributed by atoms with Crippen molar-refractivity contribution in [1.29, 1.82) is 0 Å². The number of rotatable bonds is 4. The summed E-state index contributed by atoms with van der Waals surface area (Å²) in [6, 6.07) is 8.19. The van der Waals surface area contributed by atoms with Gasteiger partial charge in [-0.25, -0.2) is 4.79 Å². The molecule has 0 bridgehead atoms. The minimum Gasteiger partial charge on any atom is -0.478 e. The van der Waals surface area contributed by atoms with Crippen molar-refractivity contribution < 1.29 is 9.90 Å². The zero-order valence-corrected chi connectivity index (χ0v) is 13.3. The monoisotopic (exact) mass is 418 g/mol. The lowest BCUT2D eigenvalue weighted by atomic mass is 10.1. The molecule has 2 nitrogen and oxygen atoms in total. The van der Waals surface area contributed by atoms with E-state index in [0.717, 1.165) is 20.9 Å². The minimum absolute atomic E-state index is 0.252. The molecule has 0 radical (unpaired) electrons. The van der Waals surface area contributed by atoms with Crippen LogP contribution in [0.2, 0.25) is 0 Å². The molecule has 0 unspecified atom stereocenters. The predicted molar refractivity (Wildman–Crippen MR) is 86.3 cm³/mol. The van der Waals surface area contributed by atoms with E-state index >= 15 is 0 Å². The summed E-state index contributed by atoms with van der Waals surface area (Å²) >= 11 is 3.15. The van der Waals surface area contributed by atoms with Gasteiger partial charge in [-0.05, 0) is 40.6 Å². The number of allylic oxidation sites excluding steroid dienone is 2. The van der Waals surface area contributed by atoms with Crippen LogP contribution in [0.3, 0.4) is 0 Å². The summed E-state index contributed by atoms with van der Waals surface area (Å²) in [5, 5.41) is 9.13. The van der Waals surface area contributed by atoms with E-state index in [1.807, 2.05) is 18.2 Å². The summed E-state index contributed by atoms with van der Waals surface area (Å²) in [6.07, 6.45) is 5.32. The SMILES string of the molecule is O=C(O)C1=C(CCc2ccc(Br)cc2)I=CC=C1.